The zero-order valence-corrected chi connectivity index (χ0v) is 13.4. The highest BCUT2D eigenvalue weighted by Gasteiger charge is 2.48. The van der Waals surface area contributed by atoms with Gasteiger partial charge in [-0.15, -0.1) is 0 Å². The molecule has 2 rings (SSSR count). The largest absolute Gasteiger partial charge is 0.166 e. The lowest BCUT2D eigenvalue weighted by Gasteiger charge is -2.45. The third kappa shape index (κ3) is 2.92. The van der Waals surface area contributed by atoms with Crippen LogP contribution in [0.4, 0.5) is 0 Å². The summed E-state index contributed by atoms with van der Waals surface area (Å²) in [5.41, 5.74) is 2.64. The van der Waals surface area contributed by atoms with Crippen molar-refractivity contribution in [1.29, 1.82) is 0 Å². The zero-order chi connectivity index (χ0) is 12.3. The zero-order valence-electron chi connectivity index (χ0n) is 11.7. The van der Waals surface area contributed by atoms with Gasteiger partial charge in [-0.25, -0.2) is 0 Å². The lowest BCUT2D eigenvalue weighted by molar-refractivity contribution is 0.452. The van der Waals surface area contributed by atoms with Crippen molar-refractivity contribution in [3.05, 3.63) is 0 Å². The fourth-order valence-corrected chi connectivity index (χ4v) is 10.8. The van der Waals surface area contributed by atoms with Gasteiger partial charge in [0.25, 0.3) is 0 Å². The van der Waals surface area contributed by atoms with Gasteiger partial charge in [-0.3, -0.25) is 0 Å². The average molecular weight is 273 g/mol. The molecule has 0 bridgehead atoms. The van der Waals surface area contributed by atoms with Gasteiger partial charge in [-0.05, 0) is 16.6 Å². The molecule has 0 heterocycles. The summed E-state index contributed by atoms with van der Waals surface area (Å²) in [4.78, 5) is 0. The molecule has 2 heteroatoms. The Balaban J connectivity index is 2.11. The van der Waals surface area contributed by atoms with Crippen LogP contribution in [-0.2, 0) is 0 Å². The summed E-state index contributed by atoms with van der Waals surface area (Å²) < 4.78 is 0. The Kier molecular flexibility index (Phi) is 5.00. The first-order chi connectivity index (χ1) is 8.15. The van der Waals surface area contributed by atoms with Crippen LogP contribution in [0, 0.1) is 0 Å². The summed E-state index contributed by atoms with van der Waals surface area (Å²) in [6, 6.07) is 0. The highest BCUT2D eigenvalue weighted by atomic mass is 35.6. The molecule has 2 aliphatic carbocycles. The highest BCUT2D eigenvalue weighted by Crippen LogP contribution is 2.55. The van der Waals surface area contributed by atoms with Crippen LogP contribution in [0.2, 0.25) is 16.6 Å². The van der Waals surface area contributed by atoms with Gasteiger partial charge in [0.15, 0.2) is 7.38 Å². The summed E-state index contributed by atoms with van der Waals surface area (Å²) in [6.07, 6.45) is 14.5. The van der Waals surface area contributed by atoms with E-state index in [1.54, 1.807) is 0 Å². The van der Waals surface area contributed by atoms with Crippen LogP contribution in [-0.4, -0.2) is 7.38 Å². The minimum absolute atomic E-state index is 0.773. The summed E-state index contributed by atoms with van der Waals surface area (Å²) in [7, 11) is -1.55. The maximum absolute atomic E-state index is 7.37. The van der Waals surface area contributed by atoms with Crippen molar-refractivity contribution >= 4 is 18.5 Å². The van der Waals surface area contributed by atoms with Crippen LogP contribution in [0.3, 0.4) is 0 Å². The fourth-order valence-electron chi connectivity index (χ4n) is 4.37. The molecule has 17 heavy (non-hydrogen) atoms. The summed E-state index contributed by atoms with van der Waals surface area (Å²) in [6.45, 7) is 4.84. The molecule has 0 N–H and O–H groups in total. The molecule has 2 saturated carbocycles. The normalized spacial score (nSPS) is 25.4. The van der Waals surface area contributed by atoms with Gasteiger partial charge >= 0.3 is 0 Å². The molecular weight excluding hydrogens is 244 g/mol. The number of hydrogen-bond acceptors (Lipinski definition) is 0. The van der Waals surface area contributed by atoms with Gasteiger partial charge in [0.05, 0.1) is 0 Å². The minimum Gasteiger partial charge on any atom is -0.166 e. The van der Waals surface area contributed by atoms with Crippen molar-refractivity contribution in [2.24, 2.45) is 0 Å². The minimum atomic E-state index is -1.55. The molecule has 0 saturated heterocycles. The molecule has 0 aromatic carbocycles. The van der Waals surface area contributed by atoms with Gasteiger partial charge in [-0.2, -0.15) is 11.1 Å². The molecule has 100 valence electrons. The predicted octanol–water partition coefficient (Wildman–Crippen LogP) is 6.25. The third-order valence-corrected chi connectivity index (χ3v) is 13.9. The first kappa shape index (κ1) is 13.9. The van der Waals surface area contributed by atoms with Gasteiger partial charge in [0.2, 0.25) is 0 Å². The monoisotopic (exact) mass is 272 g/mol. The van der Waals surface area contributed by atoms with E-state index in [0.717, 1.165) is 16.6 Å². The molecule has 2 aliphatic rings. The summed E-state index contributed by atoms with van der Waals surface area (Å²) in [5.74, 6) is 0. The van der Waals surface area contributed by atoms with E-state index in [9.17, 15) is 0 Å². The second-order valence-electron chi connectivity index (χ2n) is 6.65. The second-order valence-corrected chi connectivity index (χ2v) is 13.1. The Morgan fingerprint density at radius 2 is 1.12 bits per heavy atom. The summed E-state index contributed by atoms with van der Waals surface area (Å²) >= 11 is 7.37. The lowest BCUT2D eigenvalue weighted by Crippen LogP contribution is -2.43. The van der Waals surface area contributed by atoms with E-state index in [-0.39, 0.29) is 0 Å². The van der Waals surface area contributed by atoms with E-state index < -0.39 is 7.38 Å². The summed E-state index contributed by atoms with van der Waals surface area (Å²) in [5, 5.41) is 0. The molecule has 2 fully saturated rings. The number of hydrogen-bond donors (Lipinski definition) is 0. The van der Waals surface area contributed by atoms with Crippen LogP contribution in [0.1, 0.15) is 78.1 Å². The first-order valence-corrected chi connectivity index (χ1v) is 11.1. The van der Waals surface area contributed by atoms with E-state index in [0.29, 0.717) is 0 Å². The van der Waals surface area contributed by atoms with Crippen molar-refractivity contribution in [3.8, 4) is 0 Å². The van der Waals surface area contributed by atoms with E-state index in [1.807, 2.05) is 0 Å². The van der Waals surface area contributed by atoms with E-state index >= 15 is 0 Å². The fraction of sp³-hybridized carbons (Fsp3) is 1.00. The standard InChI is InChI=1S/C15H29ClSi/c1-13(2)17(16,14-9-5-3-6-10-14)15-11-7-4-8-12-15/h13-15H,3-12H2,1-2H3. The van der Waals surface area contributed by atoms with E-state index in [2.05, 4.69) is 13.8 Å². The van der Waals surface area contributed by atoms with Crippen molar-refractivity contribution in [2.45, 2.75) is 94.7 Å². The van der Waals surface area contributed by atoms with E-state index in [1.165, 1.54) is 64.2 Å². The molecule has 0 unspecified atom stereocenters. The Hall–Kier alpha value is 0.507. The molecule has 0 aromatic heterocycles. The third-order valence-electron chi connectivity index (χ3n) is 5.35. The SMILES string of the molecule is CC(C)[Si](Cl)(C1CCCCC1)C1CCCCC1. The lowest BCUT2D eigenvalue weighted by atomic mass is 9.99. The molecular formula is C15H29ClSi. The maximum Gasteiger partial charge on any atom is 0.165 e. The molecule has 0 radical (unpaired) electrons. The Morgan fingerprint density at radius 3 is 1.41 bits per heavy atom. The van der Waals surface area contributed by atoms with Crippen molar-refractivity contribution in [1.82, 2.24) is 0 Å². The van der Waals surface area contributed by atoms with Crippen molar-refractivity contribution in [2.75, 3.05) is 0 Å². The molecule has 0 aliphatic heterocycles. The Labute approximate surface area is 113 Å². The van der Waals surface area contributed by atoms with Gasteiger partial charge in [-0.1, -0.05) is 78.1 Å². The van der Waals surface area contributed by atoms with Gasteiger partial charge in [0.1, 0.15) is 0 Å². The molecule has 0 nitrogen and oxygen atoms in total. The van der Waals surface area contributed by atoms with Gasteiger partial charge in [0, 0.05) is 0 Å². The number of halogens is 1. The average Bonchev–Trinajstić information content (AvgIpc) is 2.39. The van der Waals surface area contributed by atoms with E-state index in [4.69, 9.17) is 11.1 Å². The van der Waals surface area contributed by atoms with Crippen LogP contribution < -0.4 is 0 Å². The first-order valence-electron chi connectivity index (χ1n) is 7.84. The number of rotatable bonds is 3. The van der Waals surface area contributed by atoms with Crippen LogP contribution in [0.15, 0.2) is 0 Å². The maximum atomic E-state index is 7.37. The molecule has 0 spiro atoms. The topological polar surface area (TPSA) is 0 Å². The molecule has 0 aromatic rings. The smallest absolute Gasteiger partial charge is 0.165 e. The van der Waals surface area contributed by atoms with Crippen LogP contribution in [0.25, 0.3) is 0 Å². The molecule has 0 amide bonds. The second kappa shape index (κ2) is 6.10. The van der Waals surface area contributed by atoms with Crippen LogP contribution >= 0.6 is 11.1 Å². The van der Waals surface area contributed by atoms with Crippen molar-refractivity contribution in [3.63, 3.8) is 0 Å². The quantitative estimate of drug-likeness (QED) is 0.421. The molecule has 0 atom stereocenters. The van der Waals surface area contributed by atoms with Crippen molar-refractivity contribution < 1.29 is 0 Å². The Morgan fingerprint density at radius 1 is 0.765 bits per heavy atom. The Bertz CT molecular complexity index is 209. The van der Waals surface area contributed by atoms with Crippen LogP contribution in [0.5, 0.6) is 0 Å². The predicted molar refractivity (Wildman–Crippen MR) is 80.4 cm³/mol. The van der Waals surface area contributed by atoms with Gasteiger partial charge < -0.3 is 0 Å². The highest BCUT2D eigenvalue weighted by molar-refractivity contribution is 7.22.